The molecule has 15 heavy (non-hydrogen) atoms. The van der Waals surface area contributed by atoms with Gasteiger partial charge in [-0.25, -0.2) is 0 Å². The first-order valence-electron chi connectivity index (χ1n) is 5.77. The lowest BCUT2D eigenvalue weighted by atomic mass is 10.3. The number of rotatable bonds is 6. The minimum absolute atomic E-state index is 0.816. The summed E-state index contributed by atoms with van der Waals surface area (Å²) in [4.78, 5) is 2.54. The van der Waals surface area contributed by atoms with Gasteiger partial charge in [-0.2, -0.15) is 0 Å². The Hall–Kier alpha value is -0.870. The lowest BCUT2D eigenvalue weighted by molar-refractivity contribution is 0.330. The van der Waals surface area contributed by atoms with Crippen molar-refractivity contribution in [2.75, 3.05) is 26.2 Å². The zero-order valence-electron chi connectivity index (χ0n) is 9.11. The van der Waals surface area contributed by atoms with Gasteiger partial charge in [0.05, 0.1) is 5.69 Å². The molecule has 0 bridgehead atoms. The van der Waals surface area contributed by atoms with Gasteiger partial charge < -0.3 is 14.7 Å². The maximum atomic E-state index is 4.75. The molecule has 0 atom stereocenters. The van der Waals surface area contributed by atoms with Gasteiger partial charge in [0.25, 0.3) is 0 Å². The second-order valence-corrected chi connectivity index (χ2v) is 4.07. The van der Waals surface area contributed by atoms with E-state index in [1.54, 1.807) is 6.26 Å². The standard InChI is InChI=1S/C11H19N3O/c1-2-7-14(6-1)8-3-5-12-10-11-4-9-15-13-11/h4,9,12H,1-3,5-8,10H2. The van der Waals surface area contributed by atoms with Gasteiger partial charge in [-0.05, 0) is 45.4 Å². The average molecular weight is 209 g/mol. The van der Waals surface area contributed by atoms with E-state index in [-0.39, 0.29) is 0 Å². The van der Waals surface area contributed by atoms with Crippen molar-refractivity contribution in [1.82, 2.24) is 15.4 Å². The van der Waals surface area contributed by atoms with Crippen molar-refractivity contribution in [2.24, 2.45) is 0 Å². The van der Waals surface area contributed by atoms with E-state index in [1.165, 1.54) is 38.9 Å². The molecule has 0 unspecified atom stereocenters. The highest BCUT2D eigenvalue weighted by Crippen LogP contribution is 2.06. The Morgan fingerprint density at radius 2 is 2.27 bits per heavy atom. The fourth-order valence-corrected chi connectivity index (χ4v) is 1.98. The number of hydrogen-bond donors (Lipinski definition) is 1. The topological polar surface area (TPSA) is 41.3 Å². The van der Waals surface area contributed by atoms with Crippen molar-refractivity contribution in [2.45, 2.75) is 25.8 Å². The molecule has 1 aliphatic heterocycles. The van der Waals surface area contributed by atoms with Gasteiger partial charge in [0.2, 0.25) is 0 Å². The van der Waals surface area contributed by atoms with Crippen molar-refractivity contribution >= 4 is 0 Å². The average Bonchev–Trinajstić information content (AvgIpc) is 2.88. The Labute approximate surface area is 90.6 Å². The van der Waals surface area contributed by atoms with E-state index in [0.29, 0.717) is 0 Å². The molecule has 4 heteroatoms. The third-order valence-electron chi connectivity index (χ3n) is 2.82. The monoisotopic (exact) mass is 209 g/mol. The molecule has 1 aromatic heterocycles. The molecule has 0 radical (unpaired) electrons. The molecule has 0 saturated carbocycles. The summed E-state index contributed by atoms with van der Waals surface area (Å²) in [5, 5.41) is 7.21. The largest absolute Gasteiger partial charge is 0.364 e. The number of likely N-dealkylation sites (tertiary alicyclic amines) is 1. The first-order chi connectivity index (χ1) is 7.45. The first-order valence-corrected chi connectivity index (χ1v) is 5.77. The van der Waals surface area contributed by atoms with Crippen molar-refractivity contribution in [3.8, 4) is 0 Å². The molecule has 0 amide bonds. The molecular formula is C11H19N3O. The number of nitrogens with zero attached hydrogens (tertiary/aromatic N) is 2. The van der Waals surface area contributed by atoms with Crippen LogP contribution in [-0.4, -0.2) is 36.2 Å². The van der Waals surface area contributed by atoms with Crippen LogP contribution in [0.1, 0.15) is 25.0 Å². The van der Waals surface area contributed by atoms with Crippen LogP contribution in [0.15, 0.2) is 16.9 Å². The zero-order chi connectivity index (χ0) is 10.3. The summed E-state index contributed by atoms with van der Waals surface area (Å²) in [6.07, 6.45) is 5.60. The zero-order valence-corrected chi connectivity index (χ0v) is 9.11. The Bertz CT molecular complexity index is 255. The highest BCUT2D eigenvalue weighted by molar-refractivity contribution is 4.93. The van der Waals surface area contributed by atoms with Gasteiger partial charge >= 0.3 is 0 Å². The first kappa shape index (κ1) is 10.6. The summed E-state index contributed by atoms with van der Waals surface area (Å²) in [6, 6.07) is 1.90. The molecule has 0 spiro atoms. The number of aromatic nitrogens is 1. The molecule has 1 aliphatic rings. The SMILES string of the molecule is c1cc(CNCCCN2CCCC2)no1. The minimum atomic E-state index is 0.816. The van der Waals surface area contributed by atoms with Crippen LogP contribution in [0.2, 0.25) is 0 Å². The third kappa shape index (κ3) is 3.64. The molecular weight excluding hydrogens is 190 g/mol. The lowest BCUT2D eigenvalue weighted by Gasteiger charge is -2.13. The van der Waals surface area contributed by atoms with E-state index in [9.17, 15) is 0 Å². The fourth-order valence-electron chi connectivity index (χ4n) is 1.98. The smallest absolute Gasteiger partial charge is 0.124 e. The van der Waals surface area contributed by atoms with Gasteiger partial charge in [0, 0.05) is 12.6 Å². The molecule has 84 valence electrons. The molecule has 1 fully saturated rings. The van der Waals surface area contributed by atoms with Crippen molar-refractivity contribution < 1.29 is 4.52 Å². The summed E-state index contributed by atoms with van der Waals surface area (Å²) in [6.45, 7) is 5.69. The lowest BCUT2D eigenvalue weighted by Crippen LogP contribution is -2.24. The molecule has 0 aromatic carbocycles. The quantitative estimate of drug-likeness (QED) is 0.716. The van der Waals surface area contributed by atoms with E-state index in [4.69, 9.17) is 4.52 Å². The van der Waals surface area contributed by atoms with Gasteiger partial charge in [0.15, 0.2) is 0 Å². The predicted octanol–water partition coefficient (Wildman–Crippen LogP) is 1.25. The normalized spacial score (nSPS) is 17.3. The van der Waals surface area contributed by atoms with Crippen molar-refractivity contribution in [3.05, 3.63) is 18.0 Å². The highest BCUT2D eigenvalue weighted by atomic mass is 16.5. The minimum Gasteiger partial charge on any atom is -0.364 e. The van der Waals surface area contributed by atoms with E-state index in [0.717, 1.165) is 18.8 Å². The Morgan fingerprint density at radius 3 is 3.00 bits per heavy atom. The van der Waals surface area contributed by atoms with Gasteiger partial charge in [0.1, 0.15) is 6.26 Å². The number of nitrogens with one attached hydrogen (secondary N) is 1. The molecule has 2 heterocycles. The van der Waals surface area contributed by atoms with Gasteiger partial charge in [-0.1, -0.05) is 5.16 Å². The van der Waals surface area contributed by atoms with E-state index in [2.05, 4.69) is 15.4 Å². The van der Waals surface area contributed by atoms with E-state index >= 15 is 0 Å². The second-order valence-electron chi connectivity index (χ2n) is 4.07. The molecule has 2 rings (SSSR count). The predicted molar refractivity (Wildman–Crippen MR) is 58.5 cm³/mol. The third-order valence-corrected chi connectivity index (χ3v) is 2.82. The van der Waals surface area contributed by atoms with Crippen LogP contribution < -0.4 is 5.32 Å². The molecule has 0 aliphatic carbocycles. The van der Waals surface area contributed by atoms with E-state index < -0.39 is 0 Å². The molecule has 1 N–H and O–H groups in total. The Balaban J connectivity index is 1.48. The summed E-state index contributed by atoms with van der Waals surface area (Å²) < 4.78 is 4.75. The molecule has 1 aromatic rings. The highest BCUT2D eigenvalue weighted by Gasteiger charge is 2.09. The maximum Gasteiger partial charge on any atom is 0.124 e. The summed E-state index contributed by atoms with van der Waals surface area (Å²) in [7, 11) is 0. The van der Waals surface area contributed by atoms with Crippen LogP contribution in [-0.2, 0) is 6.54 Å². The number of hydrogen-bond acceptors (Lipinski definition) is 4. The maximum absolute atomic E-state index is 4.75. The molecule has 4 nitrogen and oxygen atoms in total. The van der Waals surface area contributed by atoms with Crippen LogP contribution in [0.5, 0.6) is 0 Å². The van der Waals surface area contributed by atoms with Crippen LogP contribution in [0, 0.1) is 0 Å². The van der Waals surface area contributed by atoms with Crippen LogP contribution in [0.4, 0.5) is 0 Å². The Morgan fingerprint density at radius 1 is 1.40 bits per heavy atom. The van der Waals surface area contributed by atoms with Crippen LogP contribution in [0.3, 0.4) is 0 Å². The van der Waals surface area contributed by atoms with Gasteiger partial charge in [-0.3, -0.25) is 0 Å². The van der Waals surface area contributed by atoms with Crippen LogP contribution >= 0.6 is 0 Å². The van der Waals surface area contributed by atoms with Crippen molar-refractivity contribution in [1.29, 1.82) is 0 Å². The van der Waals surface area contributed by atoms with E-state index in [1.807, 2.05) is 6.07 Å². The molecule has 1 saturated heterocycles. The summed E-state index contributed by atoms with van der Waals surface area (Å²) >= 11 is 0. The van der Waals surface area contributed by atoms with Gasteiger partial charge in [-0.15, -0.1) is 0 Å². The van der Waals surface area contributed by atoms with Crippen molar-refractivity contribution in [3.63, 3.8) is 0 Å². The van der Waals surface area contributed by atoms with Crippen LogP contribution in [0.25, 0.3) is 0 Å². The Kier molecular flexibility index (Phi) is 4.17. The summed E-state index contributed by atoms with van der Waals surface area (Å²) in [5.74, 6) is 0. The summed E-state index contributed by atoms with van der Waals surface area (Å²) in [5.41, 5.74) is 0.983. The second kappa shape index (κ2) is 5.88. The fraction of sp³-hybridized carbons (Fsp3) is 0.727.